The molecule has 0 amide bonds. The van der Waals surface area contributed by atoms with Gasteiger partial charge in [0, 0.05) is 48.0 Å². The maximum atomic E-state index is 16.7. The lowest BCUT2D eigenvalue weighted by Crippen LogP contribution is -2.31. The van der Waals surface area contributed by atoms with E-state index in [4.69, 9.17) is 39.0 Å². The van der Waals surface area contributed by atoms with Crippen molar-refractivity contribution in [2.45, 2.75) is 83.3 Å². The van der Waals surface area contributed by atoms with Crippen molar-refractivity contribution in [1.29, 1.82) is 0 Å². The number of rotatable bonds is 23. The van der Waals surface area contributed by atoms with Crippen molar-refractivity contribution < 1.29 is 13.9 Å². The van der Waals surface area contributed by atoms with Gasteiger partial charge >= 0.3 is 0 Å². The van der Waals surface area contributed by atoms with E-state index in [-0.39, 0.29) is 0 Å². The second-order valence-corrected chi connectivity index (χ2v) is 29.9. The molecule has 3 nitrogen and oxygen atoms in total. The Balaban J connectivity index is 1.61. The molecular weight excluding hydrogens is 893 g/mol. The highest BCUT2D eigenvalue weighted by Gasteiger charge is 2.40. The Kier molecular flexibility index (Phi) is 18.0. The lowest BCUT2D eigenvalue weighted by Gasteiger charge is -2.30. The molecular formula is C54H59Cl3O3P2Si. The topological polar surface area (TPSA) is 43.4 Å². The molecule has 0 aliphatic carbocycles. The van der Waals surface area contributed by atoms with Crippen LogP contribution in [-0.4, -0.2) is 14.0 Å². The minimum absolute atomic E-state index is 0.364. The number of hydrogen-bond acceptors (Lipinski definition) is 3. The highest BCUT2D eigenvalue weighted by atomic mass is 35.6. The van der Waals surface area contributed by atoms with Crippen LogP contribution in [0.15, 0.2) is 170 Å². The first-order chi connectivity index (χ1) is 30.5. The molecule has 0 saturated carbocycles. The van der Waals surface area contributed by atoms with Crippen LogP contribution in [0.5, 0.6) is 5.75 Å². The van der Waals surface area contributed by atoms with Gasteiger partial charge in [0.25, 0.3) is 0 Å². The van der Waals surface area contributed by atoms with E-state index in [1.54, 1.807) is 6.07 Å². The number of allylic oxidation sites excluding steroid dienone is 3. The Morgan fingerprint density at radius 2 is 0.968 bits per heavy atom. The second kappa shape index (κ2) is 23.4. The van der Waals surface area contributed by atoms with E-state index < -0.39 is 21.7 Å². The third-order valence-electron chi connectivity index (χ3n) is 11.4. The van der Waals surface area contributed by atoms with Crippen molar-refractivity contribution in [1.82, 2.24) is 0 Å². The molecule has 0 saturated heterocycles. The van der Waals surface area contributed by atoms with Crippen molar-refractivity contribution in [2.24, 2.45) is 0 Å². The first-order valence-corrected chi connectivity index (χ1v) is 30.5. The molecule has 0 fully saturated rings. The van der Waals surface area contributed by atoms with Crippen LogP contribution in [0.1, 0.15) is 63.4 Å². The standard InChI is InChI=1S/C54H59Cl3O3P2Si/c1-4-5-6-26-41-60-54-49(56)38-40-51(62(59,45-32-21-15-22-33-45)46-34-23-16-24-35-46)53(54)52-47(36-25-11-9-7-8-10-12-27-42-63(2,3)57)48(55)37-39-50(52)61(58,43-28-17-13-18-29-43)44-30-19-14-20-31-44/h4,7-8,13-24,28-35,37-40H,1,5-6,9-12,25-27,36,41-42H2,2-3H3/b8-7+. The largest absolute Gasteiger partial charge is 0.491 e. The minimum Gasteiger partial charge on any atom is -0.491 e. The molecule has 0 N–H and O–H groups in total. The molecule has 0 unspecified atom stereocenters. The third-order valence-corrected chi connectivity index (χ3v) is 20.3. The van der Waals surface area contributed by atoms with Crippen LogP contribution in [0, 0.1) is 0 Å². The summed E-state index contributed by atoms with van der Waals surface area (Å²) >= 11 is 21.3. The van der Waals surface area contributed by atoms with Gasteiger partial charge in [-0.15, -0.1) is 6.58 Å². The predicted octanol–water partition coefficient (Wildman–Crippen LogP) is 14.6. The van der Waals surface area contributed by atoms with E-state index in [0.29, 0.717) is 71.8 Å². The average Bonchev–Trinajstić information content (AvgIpc) is 3.30. The Morgan fingerprint density at radius 3 is 1.43 bits per heavy atom. The van der Waals surface area contributed by atoms with E-state index in [2.05, 4.69) is 31.8 Å². The third kappa shape index (κ3) is 12.1. The van der Waals surface area contributed by atoms with Gasteiger partial charge in [-0.25, -0.2) is 0 Å². The SMILES string of the molecule is C=CCCCCOc1c(Cl)ccc(P(=O)(c2ccccc2)c2ccccc2)c1-c1c(P(=O)(c2ccccc2)c2ccccc2)ccc(Cl)c1CCCC/C=C/CCCC[Si](C)(C)Cl. The molecule has 0 bridgehead atoms. The van der Waals surface area contributed by atoms with Crippen LogP contribution in [0.25, 0.3) is 11.1 Å². The van der Waals surface area contributed by atoms with Crippen molar-refractivity contribution >= 4 is 87.8 Å². The van der Waals surface area contributed by atoms with E-state index in [1.807, 2.05) is 146 Å². The van der Waals surface area contributed by atoms with Gasteiger partial charge in [-0.3, -0.25) is 0 Å². The van der Waals surface area contributed by atoms with Gasteiger partial charge in [0.1, 0.15) is 13.1 Å². The summed E-state index contributed by atoms with van der Waals surface area (Å²) in [5, 5.41) is 4.74. The lowest BCUT2D eigenvalue weighted by molar-refractivity contribution is 0.309. The molecule has 0 aromatic heterocycles. The zero-order valence-electron chi connectivity index (χ0n) is 36.5. The number of ether oxygens (including phenoxy) is 1. The van der Waals surface area contributed by atoms with Crippen LogP contribution in [0.2, 0.25) is 29.2 Å². The van der Waals surface area contributed by atoms with Crippen molar-refractivity contribution in [3.63, 3.8) is 0 Å². The molecule has 9 heteroatoms. The number of halogens is 3. The van der Waals surface area contributed by atoms with Crippen LogP contribution in [0.4, 0.5) is 0 Å². The summed E-state index contributed by atoms with van der Waals surface area (Å²) in [6.07, 6.45) is 15.6. The van der Waals surface area contributed by atoms with Gasteiger partial charge in [0.05, 0.1) is 11.6 Å². The van der Waals surface area contributed by atoms with E-state index in [1.165, 1.54) is 0 Å². The normalized spacial score (nSPS) is 12.1. The van der Waals surface area contributed by atoms with Crippen LogP contribution >= 0.6 is 48.6 Å². The molecule has 0 spiro atoms. The van der Waals surface area contributed by atoms with Gasteiger partial charge in [-0.2, -0.15) is 11.1 Å². The average molecular weight is 952 g/mol. The fourth-order valence-corrected chi connectivity index (χ4v) is 15.9. The van der Waals surface area contributed by atoms with Crippen LogP contribution in [-0.2, 0) is 15.6 Å². The monoisotopic (exact) mass is 950 g/mol. The quantitative estimate of drug-likeness (QED) is 0.0211. The summed E-state index contributed by atoms with van der Waals surface area (Å²) < 4.78 is 40.1. The van der Waals surface area contributed by atoms with E-state index in [9.17, 15) is 0 Å². The van der Waals surface area contributed by atoms with Gasteiger partial charge in [-0.1, -0.05) is 189 Å². The van der Waals surface area contributed by atoms with E-state index in [0.717, 1.165) is 69.4 Å². The maximum Gasteiger partial charge on any atom is 0.171 e. The Bertz CT molecular complexity index is 2440. The summed E-state index contributed by atoms with van der Waals surface area (Å²) in [5.41, 5.74) is 2.04. The Hall–Kier alpha value is -3.85. The molecule has 6 rings (SSSR count). The summed E-state index contributed by atoms with van der Waals surface area (Å²) in [5.74, 6) is 0.403. The lowest BCUT2D eigenvalue weighted by atomic mass is 9.94. The first-order valence-electron chi connectivity index (χ1n) is 22.2. The Labute approximate surface area is 392 Å². The predicted molar refractivity (Wildman–Crippen MR) is 279 cm³/mol. The molecule has 0 radical (unpaired) electrons. The Morgan fingerprint density at radius 1 is 0.540 bits per heavy atom. The molecule has 0 heterocycles. The molecule has 63 heavy (non-hydrogen) atoms. The molecule has 0 atom stereocenters. The smallest absolute Gasteiger partial charge is 0.171 e. The van der Waals surface area contributed by atoms with Crippen molar-refractivity contribution in [3.05, 3.63) is 186 Å². The summed E-state index contributed by atoms with van der Waals surface area (Å²) in [6, 6.07) is 47.2. The molecule has 0 aliphatic heterocycles. The molecule has 328 valence electrons. The summed E-state index contributed by atoms with van der Waals surface area (Å²) in [6.45, 7) is 8.68. The van der Waals surface area contributed by atoms with Crippen LogP contribution < -0.4 is 36.6 Å². The highest BCUT2D eigenvalue weighted by Crippen LogP contribution is 2.53. The first kappa shape index (κ1) is 48.6. The summed E-state index contributed by atoms with van der Waals surface area (Å²) in [4.78, 5) is 0. The molecule has 6 aromatic carbocycles. The molecule has 0 aliphatic rings. The van der Waals surface area contributed by atoms with Gasteiger partial charge in [0.15, 0.2) is 14.3 Å². The summed E-state index contributed by atoms with van der Waals surface area (Å²) in [7, 11) is -8.90. The second-order valence-electron chi connectivity index (χ2n) is 16.6. The van der Waals surface area contributed by atoms with E-state index >= 15 is 9.13 Å². The van der Waals surface area contributed by atoms with Gasteiger partial charge < -0.3 is 13.9 Å². The fraction of sp³-hybridized carbons (Fsp3) is 0.259. The van der Waals surface area contributed by atoms with Gasteiger partial charge in [0.2, 0.25) is 0 Å². The number of hydrogen-bond donors (Lipinski definition) is 0. The van der Waals surface area contributed by atoms with Crippen molar-refractivity contribution in [2.75, 3.05) is 6.61 Å². The maximum absolute atomic E-state index is 16.7. The van der Waals surface area contributed by atoms with Crippen molar-refractivity contribution in [3.8, 4) is 16.9 Å². The highest BCUT2D eigenvalue weighted by molar-refractivity contribution is 7.86. The zero-order chi connectivity index (χ0) is 44.7. The minimum atomic E-state index is -3.69. The van der Waals surface area contributed by atoms with Gasteiger partial charge in [-0.05, 0) is 87.2 Å². The fourth-order valence-electron chi connectivity index (χ4n) is 8.17. The number of unbranched alkanes of at least 4 members (excludes halogenated alkanes) is 6. The van der Waals surface area contributed by atoms with Crippen LogP contribution in [0.3, 0.4) is 0 Å². The number of benzene rings is 6. The molecule has 6 aromatic rings. The zero-order valence-corrected chi connectivity index (χ0v) is 41.6.